The van der Waals surface area contributed by atoms with Gasteiger partial charge >= 0.3 is 5.97 Å². The van der Waals surface area contributed by atoms with E-state index >= 15 is 0 Å². The van der Waals surface area contributed by atoms with Gasteiger partial charge in [-0.1, -0.05) is 13.3 Å². The minimum Gasteiger partial charge on any atom is -0.465 e. The molecule has 5 heteroatoms. The zero-order valence-corrected chi connectivity index (χ0v) is 10.3. The Kier molecular flexibility index (Phi) is 8.52. The van der Waals surface area contributed by atoms with E-state index in [0.717, 1.165) is 12.8 Å². The maximum absolute atomic E-state index is 11.5. The van der Waals surface area contributed by atoms with Crippen LogP contribution in [0.4, 0.5) is 0 Å². The smallest absolute Gasteiger partial charge is 0.323 e. The van der Waals surface area contributed by atoms with Crippen LogP contribution in [0.25, 0.3) is 0 Å². The van der Waals surface area contributed by atoms with Crippen molar-refractivity contribution in [1.29, 1.82) is 0 Å². The summed E-state index contributed by atoms with van der Waals surface area (Å²) in [6, 6.07) is -0.297. The van der Waals surface area contributed by atoms with Gasteiger partial charge in [0.1, 0.15) is 6.04 Å². The Hall–Kier alpha value is -1.10. The van der Waals surface area contributed by atoms with Gasteiger partial charge in [0.15, 0.2) is 0 Å². The summed E-state index contributed by atoms with van der Waals surface area (Å²) in [6.45, 7) is 4.66. The number of carbonyl (C=O) groups excluding carboxylic acids is 2. The molecule has 0 saturated carbocycles. The maximum atomic E-state index is 11.5. The molecule has 0 heterocycles. The first-order valence-electron chi connectivity index (χ1n) is 5.76. The summed E-state index contributed by atoms with van der Waals surface area (Å²) in [6.07, 6.45) is 2.00. The van der Waals surface area contributed by atoms with Crippen molar-refractivity contribution in [3.05, 3.63) is 0 Å². The third-order valence-corrected chi connectivity index (χ3v) is 2.17. The number of hydrogen-bond acceptors (Lipinski definition) is 4. The van der Waals surface area contributed by atoms with Crippen molar-refractivity contribution in [3.8, 4) is 0 Å². The number of carbonyl (C=O) groups is 2. The second-order valence-corrected chi connectivity index (χ2v) is 3.47. The molecule has 0 spiro atoms. The monoisotopic (exact) mass is 230 g/mol. The van der Waals surface area contributed by atoms with Crippen molar-refractivity contribution in [1.82, 2.24) is 10.6 Å². The summed E-state index contributed by atoms with van der Waals surface area (Å²) in [4.78, 5) is 22.5. The summed E-state index contributed by atoms with van der Waals surface area (Å²) < 4.78 is 4.94. The molecule has 2 N–H and O–H groups in total. The zero-order chi connectivity index (χ0) is 12.4. The number of rotatable bonds is 8. The minimum absolute atomic E-state index is 0.0355. The van der Waals surface area contributed by atoms with Crippen molar-refractivity contribution >= 4 is 11.9 Å². The van der Waals surface area contributed by atoms with E-state index in [2.05, 4.69) is 10.6 Å². The first-order chi connectivity index (χ1) is 7.65. The van der Waals surface area contributed by atoms with Crippen LogP contribution in [0, 0.1) is 0 Å². The topological polar surface area (TPSA) is 67.4 Å². The molecular formula is C11H22N2O3. The molecule has 0 aliphatic rings. The highest BCUT2D eigenvalue weighted by Crippen LogP contribution is 1.99. The lowest BCUT2D eigenvalue weighted by atomic mass is 10.1. The Labute approximate surface area is 96.9 Å². The highest BCUT2D eigenvalue weighted by molar-refractivity contribution is 5.77. The van der Waals surface area contributed by atoms with E-state index < -0.39 is 0 Å². The second kappa shape index (κ2) is 9.15. The van der Waals surface area contributed by atoms with Crippen molar-refractivity contribution < 1.29 is 14.3 Å². The van der Waals surface area contributed by atoms with Crippen LogP contribution in [0.2, 0.25) is 0 Å². The van der Waals surface area contributed by atoms with Crippen molar-refractivity contribution in [2.45, 2.75) is 39.2 Å². The third kappa shape index (κ3) is 6.40. The van der Waals surface area contributed by atoms with Gasteiger partial charge in [0, 0.05) is 20.0 Å². The van der Waals surface area contributed by atoms with Crippen LogP contribution in [0.5, 0.6) is 0 Å². The highest BCUT2D eigenvalue weighted by Gasteiger charge is 2.17. The van der Waals surface area contributed by atoms with E-state index in [1.165, 1.54) is 0 Å². The third-order valence-electron chi connectivity index (χ3n) is 2.17. The fraction of sp³-hybridized carbons (Fsp3) is 0.818. The quantitative estimate of drug-likeness (QED) is 0.594. The molecule has 0 rings (SSSR count). The highest BCUT2D eigenvalue weighted by atomic mass is 16.5. The van der Waals surface area contributed by atoms with E-state index in [1.54, 1.807) is 14.0 Å². The SMILES string of the molecule is CCCC(NCCC(=O)NC)C(=O)OCC. The van der Waals surface area contributed by atoms with Crippen LogP contribution in [0.1, 0.15) is 33.1 Å². The second-order valence-electron chi connectivity index (χ2n) is 3.47. The largest absolute Gasteiger partial charge is 0.465 e. The van der Waals surface area contributed by atoms with Crippen LogP contribution >= 0.6 is 0 Å². The molecule has 0 radical (unpaired) electrons. The van der Waals surface area contributed by atoms with Crippen LogP contribution < -0.4 is 10.6 Å². The molecular weight excluding hydrogens is 208 g/mol. The normalized spacial score (nSPS) is 11.9. The van der Waals surface area contributed by atoms with Crippen molar-refractivity contribution in [3.63, 3.8) is 0 Å². The Morgan fingerprint density at radius 3 is 2.50 bits per heavy atom. The fourth-order valence-corrected chi connectivity index (χ4v) is 1.32. The van der Waals surface area contributed by atoms with Crippen molar-refractivity contribution in [2.75, 3.05) is 20.2 Å². The molecule has 0 fully saturated rings. The molecule has 0 aliphatic heterocycles. The molecule has 0 aromatic rings. The molecule has 1 atom stereocenters. The van der Waals surface area contributed by atoms with E-state index in [0.29, 0.717) is 19.6 Å². The average molecular weight is 230 g/mol. The number of esters is 1. The van der Waals surface area contributed by atoms with E-state index in [-0.39, 0.29) is 17.9 Å². The van der Waals surface area contributed by atoms with Gasteiger partial charge in [-0.3, -0.25) is 9.59 Å². The van der Waals surface area contributed by atoms with E-state index in [9.17, 15) is 9.59 Å². The number of nitrogens with one attached hydrogen (secondary N) is 2. The lowest BCUT2D eigenvalue weighted by molar-refractivity contribution is -0.146. The Morgan fingerprint density at radius 1 is 1.31 bits per heavy atom. The Balaban J connectivity index is 3.93. The van der Waals surface area contributed by atoms with Gasteiger partial charge in [-0.2, -0.15) is 0 Å². The van der Waals surface area contributed by atoms with Gasteiger partial charge < -0.3 is 15.4 Å². The van der Waals surface area contributed by atoms with Crippen LogP contribution in [0.3, 0.4) is 0 Å². The van der Waals surface area contributed by atoms with Crippen LogP contribution in [-0.4, -0.2) is 38.1 Å². The number of amides is 1. The molecule has 94 valence electrons. The Bertz CT molecular complexity index is 219. The molecule has 16 heavy (non-hydrogen) atoms. The number of hydrogen-bond donors (Lipinski definition) is 2. The van der Waals surface area contributed by atoms with Crippen LogP contribution in [0.15, 0.2) is 0 Å². The Morgan fingerprint density at radius 2 is 2.00 bits per heavy atom. The lowest BCUT2D eigenvalue weighted by Crippen LogP contribution is -2.39. The van der Waals surface area contributed by atoms with E-state index in [1.807, 2.05) is 6.92 Å². The van der Waals surface area contributed by atoms with Gasteiger partial charge in [0.2, 0.25) is 5.91 Å². The van der Waals surface area contributed by atoms with Crippen LogP contribution in [-0.2, 0) is 14.3 Å². The number of ether oxygens (including phenoxy) is 1. The predicted octanol–water partition coefficient (Wildman–Crippen LogP) is 0.444. The summed E-state index contributed by atoms with van der Waals surface area (Å²) >= 11 is 0. The van der Waals surface area contributed by atoms with Gasteiger partial charge in [0.05, 0.1) is 6.61 Å². The molecule has 1 amide bonds. The zero-order valence-electron chi connectivity index (χ0n) is 10.3. The van der Waals surface area contributed by atoms with Gasteiger partial charge in [0.25, 0.3) is 0 Å². The molecule has 0 saturated heterocycles. The molecule has 5 nitrogen and oxygen atoms in total. The average Bonchev–Trinajstić information content (AvgIpc) is 2.28. The molecule has 0 aromatic heterocycles. The molecule has 0 bridgehead atoms. The molecule has 1 unspecified atom stereocenters. The van der Waals surface area contributed by atoms with E-state index in [4.69, 9.17) is 4.74 Å². The molecule has 0 aromatic carbocycles. The summed E-state index contributed by atoms with van der Waals surface area (Å²) in [5.74, 6) is -0.270. The van der Waals surface area contributed by atoms with Crippen molar-refractivity contribution in [2.24, 2.45) is 0 Å². The van der Waals surface area contributed by atoms with Gasteiger partial charge in [-0.25, -0.2) is 0 Å². The minimum atomic E-state index is -0.297. The molecule has 0 aliphatic carbocycles. The predicted molar refractivity (Wildman–Crippen MR) is 62.0 cm³/mol. The van der Waals surface area contributed by atoms with Gasteiger partial charge in [-0.15, -0.1) is 0 Å². The summed E-state index contributed by atoms with van der Waals surface area (Å²) in [7, 11) is 1.59. The fourth-order valence-electron chi connectivity index (χ4n) is 1.32. The van der Waals surface area contributed by atoms with Gasteiger partial charge in [-0.05, 0) is 13.3 Å². The first-order valence-corrected chi connectivity index (χ1v) is 5.76. The first kappa shape index (κ1) is 14.9. The standard InChI is InChI=1S/C11H22N2O3/c1-4-6-9(11(15)16-5-2)13-8-7-10(14)12-3/h9,13H,4-8H2,1-3H3,(H,12,14). The maximum Gasteiger partial charge on any atom is 0.323 e. The summed E-state index contributed by atoms with van der Waals surface area (Å²) in [5, 5.41) is 5.57. The summed E-state index contributed by atoms with van der Waals surface area (Å²) in [5.41, 5.74) is 0. The lowest BCUT2D eigenvalue weighted by Gasteiger charge is -2.16.